The van der Waals surface area contributed by atoms with E-state index in [1.165, 1.54) is 0 Å². The Morgan fingerprint density at radius 1 is 1.32 bits per heavy atom. The number of benzene rings is 1. The van der Waals surface area contributed by atoms with Gasteiger partial charge in [-0.25, -0.2) is 0 Å². The molecule has 0 saturated heterocycles. The van der Waals surface area contributed by atoms with Crippen molar-refractivity contribution < 1.29 is 9.53 Å². The van der Waals surface area contributed by atoms with Crippen LogP contribution < -0.4 is 4.74 Å². The van der Waals surface area contributed by atoms with Crippen molar-refractivity contribution in [2.75, 3.05) is 14.2 Å². The first-order chi connectivity index (χ1) is 12.1. The normalized spacial score (nSPS) is 16.8. The third-order valence-corrected chi connectivity index (χ3v) is 5.14. The van der Waals surface area contributed by atoms with Crippen LogP contribution in [0.4, 0.5) is 0 Å². The second-order valence-corrected chi connectivity index (χ2v) is 6.61. The molecule has 0 fully saturated rings. The molecule has 3 rings (SSSR count). The molecule has 0 aliphatic carbocycles. The lowest BCUT2D eigenvalue weighted by Gasteiger charge is -2.27. The molecular formula is C19H26N4O2. The zero-order valence-electron chi connectivity index (χ0n) is 15.2. The molecule has 2 aromatic rings. The first-order valence-electron chi connectivity index (χ1n) is 8.86. The van der Waals surface area contributed by atoms with Crippen LogP contribution in [0.2, 0.25) is 0 Å². The van der Waals surface area contributed by atoms with Crippen LogP contribution in [0.3, 0.4) is 0 Å². The monoisotopic (exact) mass is 342 g/mol. The fourth-order valence-corrected chi connectivity index (χ4v) is 3.54. The van der Waals surface area contributed by atoms with Gasteiger partial charge in [-0.05, 0) is 37.8 Å². The van der Waals surface area contributed by atoms with Gasteiger partial charge in [-0.1, -0.05) is 18.2 Å². The number of ether oxygens (including phenoxy) is 1. The summed E-state index contributed by atoms with van der Waals surface area (Å²) in [4.78, 5) is 14.6. The summed E-state index contributed by atoms with van der Waals surface area (Å²) in [7, 11) is 3.59. The van der Waals surface area contributed by atoms with E-state index in [0.717, 1.165) is 48.8 Å². The minimum absolute atomic E-state index is 0.185. The van der Waals surface area contributed by atoms with Crippen molar-refractivity contribution in [2.45, 2.75) is 51.6 Å². The lowest BCUT2D eigenvalue weighted by molar-refractivity contribution is -0.132. The molecule has 0 bridgehead atoms. The molecule has 0 radical (unpaired) electrons. The predicted octanol–water partition coefficient (Wildman–Crippen LogP) is 2.39. The number of hydrogen-bond donors (Lipinski definition) is 0. The van der Waals surface area contributed by atoms with Gasteiger partial charge in [-0.3, -0.25) is 4.79 Å². The zero-order valence-corrected chi connectivity index (χ0v) is 15.2. The van der Waals surface area contributed by atoms with Crippen molar-refractivity contribution in [1.82, 2.24) is 19.7 Å². The van der Waals surface area contributed by atoms with Crippen LogP contribution in [0, 0.1) is 6.92 Å². The first kappa shape index (κ1) is 17.5. The van der Waals surface area contributed by atoms with Gasteiger partial charge >= 0.3 is 0 Å². The molecule has 0 saturated carbocycles. The van der Waals surface area contributed by atoms with Gasteiger partial charge in [-0.15, -0.1) is 10.2 Å². The summed E-state index contributed by atoms with van der Waals surface area (Å²) in [6.07, 6.45) is 3.95. The molecule has 1 aliphatic heterocycles. The number of fused-ring (bicyclic) bond motifs is 1. The molecule has 6 heteroatoms. The molecule has 134 valence electrons. The summed E-state index contributed by atoms with van der Waals surface area (Å²) in [5.74, 6) is 3.03. The van der Waals surface area contributed by atoms with E-state index < -0.39 is 0 Å². The lowest BCUT2D eigenvalue weighted by Crippen LogP contribution is -2.37. The van der Waals surface area contributed by atoms with E-state index in [0.29, 0.717) is 12.8 Å². The fraction of sp³-hybridized carbons (Fsp3) is 0.526. The number of carbonyl (C=O) groups excluding carboxylic acids is 1. The number of nitrogens with zero attached hydrogens (tertiary/aromatic N) is 4. The summed E-state index contributed by atoms with van der Waals surface area (Å²) >= 11 is 0. The van der Waals surface area contributed by atoms with Crippen LogP contribution in [-0.2, 0) is 24.2 Å². The molecule has 6 nitrogen and oxygen atoms in total. The van der Waals surface area contributed by atoms with Crippen molar-refractivity contribution in [3.8, 4) is 5.75 Å². The average molecular weight is 342 g/mol. The number of amides is 1. The molecule has 25 heavy (non-hydrogen) atoms. The first-order valence-corrected chi connectivity index (χ1v) is 8.86. The minimum Gasteiger partial charge on any atom is -0.496 e. The Labute approximate surface area is 148 Å². The second kappa shape index (κ2) is 7.68. The number of para-hydroxylation sites is 1. The highest BCUT2D eigenvalue weighted by molar-refractivity contribution is 5.76. The van der Waals surface area contributed by atoms with Crippen LogP contribution in [0.5, 0.6) is 5.75 Å². The molecule has 1 aliphatic rings. The Hall–Kier alpha value is -2.37. The van der Waals surface area contributed by atoms with Crippen LogP contribution in [0.25, 0.3) is 0 Å². The SMILES string of the molecule is COc1ccccc1CCC(=O)N(C)C1CCc2nnc(C)n2CC1. The minimum atomic E-state index is 0.185. The van der Waals surface area contributed by atoms with Crippen molar-refractivity contribution in [3.63, 3.8) is 0 Å². The number of hydrogen-bond acceptors (Lipinski definition) is 4. The Bertz CT molecular complexity index is 741. The summed E-state index contributed by atoms with van der Waals surface area (Å²) in [6.45, 7) is 2.86. The summed E-state index contributed by atoms with van der Waals surface area (Å²) < 4.78 is 7.54. The van der Waals surface area contributed by atoms with Crippen LogP contribution in [-0.4, -0.2) is 45.8 Å². The molecule has 1 atom stereocenters. The molecule has 1 amide bonds. The topological polar surface area (TPSA) is 60.2 Å². The zero-order chi connectivity index (χ0) is 17.8. The maximum Gasteiger partial charge on any atom is 0.222 e. The quantitative estimate of drug-likeness (QED) is 0.837. The Kier molecular flexibility index (Phi) is 5.36. The predicted molar refractivity (Wildman–Crippen MR) is 95.6 cm³/mol. The van der Waals surface area contributed by atoms with Gasteiger partial charge in [0.05, 0.1) is 7.11 Å². The van der Waals surface area contributed by atoms with Crippen molar-refractivity contribution in [1.29, 1.82) is 0 Å². The molecule has 0 N–H and O–H groups in total. The van der Waals surface area contributed by atoms with E-state index in [4.69, 9.17) is 4.74 Å². The van der Waals surface area contributed by atoms with E-state index >= 15 is 0 Å². The van der Waals surface area contributed by atoms with Gasteiger partial charge in [0.15, 0.2) is 0 Å². The highest BCUT2D eigenvalue weighted by atomic mass is 16.5. The molecule has 2 heterocycles. The van der Waals surface area contributed by atoms with Gasteiger partial charge in [0.1, 0.15) is 17.4 Å². The number of carbonyl (C=O) groups is 1. The maximum absolute atomic E-state index is 12.7. The fourth-order valence-electron chi connectivity index (χ4n) is 3.54. The summed E-state index contributed by atoms with van der Waals surface area (Å²) in [5, 5.41) is 8.39. The van der Waals surface area contributed by atoms with Crippen LogP contribution in [0.1, 0.15) is 36.5 Å². The average Bonchev–Trinajstić information content (AvgIpc) is 2.86. The third kappa shape index (κ3) is 3.83. The van der Waals surface area contributed by atoms with Crippen LogP contribution in [0.15, 0.2) is 24.3 Å². The molecule has 1 aromatic heterocycles. The number of aromatic nitrogens is 3. The van der Waals surface area contributed by atoms with Gasteiger partial charge in [-0.2, -0.15) is 0 Å². The summed E-state index contributed by atoms with van der Waals surface area (Å²) in [6, 6.07) is 8.14. The maximum atomic E-state index is 12.7. The van der Waals surface area contributed by atoms with E-state index in [9.17, 15) is 4.79 Å². The van der Waals surface area contributed by atoms with E-state index in [-0.39, 0.29) is 11.9 Å². The highest BCUT2D eigenvalue weighted by Gasteiger charge is 2.24. The molecule has 0 spiro atoms. The smallest absolute Gasteiger partial charge is 0.222 e. The van der Waals surface area contributed by atoms with E-state index in [2.05, 4.69) is 14.8 Å². The molecular weight excluding hydrogens is 316 g/mol. The second-order valence-electron chi connectivity index (χ2n) is 6.61. The lowest BCUT2D eigenvalue weighted by atomic mass is 10.0. The van der Waals surface area contributed by atoms with Gasteiger partial charge in [0, 0.05) is 32.5 Å². The number of methoxy groups -OCH3 is 1. The van der Waals surface area contributed by atoms with E-state index in [1.54, 1.807) is 7.11 Å². The van der Waals surface area contributed by atoms with Gasteiger partial charge in [0.2, 0.25) is 5.91 Å². The standard InChI is InChI=1S/C19H26N4O2/c1-14-20-21-18-10-9-16(12-13-23(14)18)22(2)19(24)11-8-15-6-4-5-7-17(15)25-3/h4-7,16H,8-13H2,1-3H3. The van der Waals surface area contributed by atoms with Crippen molar-refractivity contribution in [2.24, 2.45) is 0 Å². The van der Waals surface area contributed by atoms with Gasteiger partial charge < -0.3 is 14.2 Å². The highest BCUT2D eigenvalue weighted by Crippen LogP contribution is 2.21. The van der Waals surface area contributed by atoms with Crippen molar-refractivity contribution in [3.05, 3.63) is 41.5 Å². The van der Waals surface area contributed by atoms with Crippen LogP contribution >= 0.6 is 0 Å². The largest absolute Gasteiger partial charge is 0.496 e. The third-order valence-electron chi connectivity index (χ3n) is 5.14. The molecule has 1 aromatic carbocycles. The Morgan fingerprint density at radius 2 is 2.12 bits per heavy atom. The van der Waals surface area contributed by atoms with Crippen molar-refractivity contribution >= 4 is 5.91 Å². The Balaban J connectivity index is 1.57. The number of aryl methyl sites for hydroxylation is 3. The Morgan fingerprint density at radius 3 is 2.92 bits per heavy atom. The van der Waals surface area contributed by atoms with E-state index in [1.807, 2.05) is 43.1 Å². The summed E-state index contributed by atoms with van der Waals surface area (Å²) in [5.41, 5.74) is 1.08. The van der Waals surface area contributed by atoms with Gasteiger partial charge in [0.25, 0.3) is 0 Å². The molecule has 1 unspecified atom stereocenters. The number of rotatable bonds is 5.